The molecule has 2 aromatic rings. The first-order chi connectivity index (χ1) is 17.8. The van der Waals surface area contributed by atoms with E-state index < -0.39 is 0 Å². The maximum absolute atomic E-state index is 12.2. The Hall–Kier alpha value is -3.22. The lowest BCUT2D eigenvalue weighted by Gasteiger charge is -2.35. The van der Waals surface area contributed by atoms with Crippen LogP contribution in [0, 0.1) is 0 Å². The van der Waals surface area contributed by atoms with E-state index in [2.05, 4.69) is 32.4 Å². The molecule has 2 unspecified atom stereocenters. The lowest BCUT2D eigenvalue weighted by molar-refractivity contribution is -0.116. The lowest BCUT2D eigenvalue weighted by atomic mass is 10.0. The van der Waals surface area contributed by atoms with Gasteiger partial charge in [0.1, 0.15) is 5.75 Å². The Bertz CT molecular complexity index is 1060. The summed E-state index contributed by atoms with van der Waals surface area (Å²) >= 11 is 0. The monoisotopic (exact) mass is 512 g/mol. The molecule has 2 fully saturated rings. The van der Waals surface area contributed by atoms with E-state index in [1.165, 1.54) is 6.07 Å². The van der Waals surface area contributed by atoms with Crippen molar-refractivity contribution < 1.29 is 9.90 Å². The van der Waals surface area contributed by atoms with Crippen molar-refractivity contribution in [2.45, 2.75) is 70.0 Å². The van der Waals surface area contributed by atoms with E-state index in [4.69, 9.17) is 22.2 Å². The molecule has 2 saturated heterocycles. The largest absolute Gasteiger partial charge is 0.506 e. The molecule has 9 N–H and O–H groups in total. The van der Waals surface area contributed by atoms with Gasteiger partial charge in [0.25, 0.3) is 0 Å². The smallest absolute Gasteiger partial charge is 0.233 e. The second-order valence-electron chi connectivity index (χ2n) is 10.1. The van der Waals surface area contributed by atoms with Crippen molar-refractivity contribution in [2.75, 3.05) is 46.6 Å². The average molecular weight is 513 g/mol. The van der Waals surface area contributed by atoms with Crippen molar-refractivity contribution in [1.29, 1.82) is 0 Å². The van der Waals surface area contributed by atoms with E-state index in [9.17, 15) is 9.90 Å². The van der Waals surface area contributed by atoms with Crippen LogP contribution in [0.15, 0.2) is 18.2 Å². The predicted octanol–water partition coefficient (Wildman–Crippen LogP) is 1.63. The topological polar surface area (TPSA) is 185 Å². The average Bonchev–Trinajstić information content (AvgIpc) is 2.85. The van der Waals surface area contributed by atoms with Gasteiger partial charge in [0.15, 0.2) is 0 Å². The number of hydrogen-bond acceptors (Lipinski definition) is 11. The van der Waals surface area contributed by atoms with Crippen LogP contribution >= 0.6 is 0 Å². The molecule has 1 aromatic carbocycles. The Morgan fingerprint density at radius 2 is 1.73 bits per heavy atom. The number of nitrogens with zero attached hydrogens (tertiary/aromatic N) is 5. The van der Waals surface area contributed by atoms with Crippen LogP contribution in [0.25, 0.3) is 0 Å². The molecule has 0 radical (unpaired) electrons. The Kier molecular flexibility index (Phi) is 8.95. The number of phenolic OH excluding ortho intramolecular Hbond substituents is 1. The van der Waals surface area contributed by atoms with Gasteiger partial charge in [0, 0.05) is 62.5 Å². The molecule has 0 spiro atoms. The molecular formula is C25H40N10O2. The summed E-state index contributed by atoms with van der Waals surface area (Å²) in [5, 5.41) is 16.5. The number of anilines is 5. The number of rotatable bonds is 9. The number of phenols is 1. The van der Waals surface area contributed by atoms with Gasteiger partial charge in [0.05, 0.1) is 5.69 Å². The van der Waals surface area contributed by atoms with Gasteiger partial charge in [-0.25, -0.2) is 0 Å². The van der Waals surface area contributed by atoms with E-state index in [-0.39, 0.29) is 29.8 Å². The van der Waals surface area contributed by atoms with Crippen LogP contribution in [-0.4, -0.2) is 70.3 Å². The van der Waals surface area contributed by atoms with Gasteiger partial charge in [-0.2, -0.15) is 15.0 Å². The highest BCUT2D eigenvalue weighted by Gasteiger charge is 2.27. The number of amides is 1. The summed E-state index contributed by atoms with van der Waals surface area (Å²) in [6, 6.07) is 4.88. The molecule has 3 heterocycles. The van der Waals surface area contributed by atoms with Crippen LogP contribution in [0.3, 0.4) is 0 Å². The molecule has 1 aromatic heterocycles. The standard InChI is InChI=1S/C25H40N10O2/c1-2-3-4-7-22(37)30-20-9-8-19(12-21(20)36)29-23-31-24(34-10-5-6-16(26)13-34)33-25(32-23)35-14-17(27)11-18(28)15-35/h8-9,12,16-18,36H,2-7,10-11,13-15,26-28H2,1H3,(H,30,37)(H,29,31,32,33)/t16-,17?,18?/m0/s1. The zero-order valence-electron chi connectivity index (χ0n) is 21.6. The third kappa shape index (κ3) is 7.40. The van der Waals surface area contributed by atoms with Crippen LogP contribution in [0.4, 0.5) is 29.2 Å². The highest BCUT2D eigenvalue weighted by atomic mass is 16.3. The van der Waals surface area contributed by atoms with E-state index in [1.807, 2.05) is 4.90 Å². The molecule has 12 nitrogen and oxygen atoms in total. The maximum Gasteiger partial charge on any atom is 0.233 e. The number of benzene rings is 1. The highest BCUT2D eigenvalue weighted by Crippen LogP contribution is 2.29. The minimum absolute atomic E-state index is 0.0432. The van der Waals surface area contributed by atoms with E-state index in [0.717, 1.165) is 45.1 Å². The van der Waals surface area contributed by atoms with Gasteiger partial charge in [-0.3, -0.25) is 4.79 Å². The minimum Gasteiger partial charge on any atom is -0.506 e. The molecular weight excluding hydrogens is 472 g/mol. The summed E-state index contributed by atoms with van der Waals surface area (Å²) in [5.41, 5.74) is 19.6. The van der Waals surface area contributed by atoms with Gasteiger partial charge in [0.2, 0.25) is 23.8 Å². The van der Waals surface area contributed by atoms with Crippen LogP contribution in [-0.2, 0) is 4.79 Å². The van der Waals surface area contributed by atoms with Gasteiger partial charge >= 0.3 is 0 Å². The number of carbonyl (C=O) groups is 1. The summed E-state index contributed by atoms with van der Waals surface area (Å²) in [7, 11) is 0. The molecule has 12 heteroatoms. The Morgan fingerprint density at radius 1 is 1.03 bits per heavy atom. The van der Waals surface area contributed by atoms with E-state index >= 15 is 0 Å². The predicted molar refractivity (Wildman–Crippen MR) is 146 cm³/mol. The first-order valence-corrected chi connectivity index (χ1v) is 13.2. The molecule has 202 valence electrons. The zero-order valence-corrected chi connectivity index (χ0v) is 21.6. The normalized spacial score (nSPS) is 22.1. The zero-order chi connectivity index (χ0) is 26.4. The van der Waals surface area contributed by atoms with Crippen molar-refractivity contribution in [1.82, 2.24) is 15.0 Å². The van der Waals surface area contributed by atoms with Crippen molar-refractivity contribution in [2.24, 2.45) is 17.2 Å². The number of carbonyl (C=O) groups excluding carboxylic acids is 1. The lowest BCUT2D eigenvalue weighted by Crippen LogP contribution is -2.53. The third-order valence-electron chi connectivity index (χ3n) is 6.69. The molecule has 0 saturated carbocycles. The summed E-state index contributed by atoms with van der Waals surface area (Å²) in [5.74, 6) is 1.21. The van der Waals surface area contributed by atoms with E-state index in [0.29, 0.717) is 55.3 Å². The molecule has 2 aliphatic heterocycles. The fourth-order valence-corrected chi connectivity index (χ4v) is 4.82. The van der Waals surface area contributed by atoms with Crippen LogP contribution in [0.1, 0.15) is 51.9 Å². The fraction of sp³-hybridized carbons (Fsp3) is 0.600. The van der Waals surface area contributed by atoms with Crippen molar-refractivity contribution in [3.63, 3.8) is 0 Å². The van der Waals surface area contributed by atoms with Gasteiger partial charge in [-0.15, -0.1) is 0 Å². The minimum atomic E-state index is -0.117. The van der Waals surface area contributed by atoms with Crippen LogP contribution in [0.2, 0.25) is 0 Å². The summed E-state index contributed by atoms with van der Waals surface area (Å²) in [6.45, 7) is 4.76. The Morgan fingerprint density at radius 3 is 2.41 bits per heavy atom. The summed E-state index contributed by atoms with van der Waals surface area (Å²) < 4.78 is 0. The number of hydrogen-bond donors (Lipinski definition) is 6. The molecule has 37 heavy (non-hydrogen) atoms. The van der Waals surface area contributed by atoms with Gasteiger partial charge < -0.3 is 42.7 Å². The third-order valence-corrected chi connectivity index (χ3v) is 6.69. The highest BCUT2D eigenvalue weighted by molar-refractivity contribution is 5.92. The number of aromatic nitrogens is 3. The second kappa shape index (κ2) is 12.3. The number of nitrogens with one attached hydrogen (secondary N) is 2. The molecule has 0 bridgehead atoms. The van der Waals surface area contributed by atoms with Crippen LogP contribution < -0.4 is 37.6 Å². The molecule has 1 amide bonds. The van der Waals surface area contributed by atoms with E-state index in [1.54, 1.807) is 12.1 Å². The van der Waals surface area contributed by atoms with Crippen molar-refractivity contribution in [3.8, 4) is 5.75 Å². The maximum atomic E-state index is 12.2. The second-order valence-corrected chi connectivity index (χ2v) is 10.1. The summed E-state index contributed by atoms with van der Waals surface area (Å²) in [4.78, 5) is 30.3. The van der Waals surface area contributed by atoms with Gasteiger partial charge in [-0.1, -0.05) is 19.8 Å². The SMILES string of the molecule is CCCCCC(=O)Nc1ccc(Nc2nc(N3CC(N)CC(N)C3)nc(N3CCC[C@H](N)C3)n2)cc1O. The number of unbranched alkanes of at least 4 members (excludes halogenated alkanes) is 2. The molecule has 2 aliphatic rings. The van der Waals surface area contributed by atoms with Crippen molar-refractivity contribution in [3.05, 3.63) is 18.2 Å². The number of nitrogens with two attached hydrogens (primary N) is 3. The Balaban J connectivity index is 1.54. The Labute approximate surface area is 218 Å². The first-order valence-electron chi connectivity index (χ1n) is 13.2. The summed E-state index contributed by atoms with van der Waals surface area (Å²) in [6.07, 6.45) is 5.97. The van der Waals surface area contributed by atoms with Crippen molar-refractivity contribution >= 4 is 35.1 Å². The van der Waals surface area contributed by atoms with Gasteiger partial charge in [-0.05, 0) is 37.8 Å². The number of piperidine rings is 2. The fourth-order valence-electron chi connectivity index (χ4n) is 4.82. The number of aromatic hydroxyl groups is 1. The van der Waals surface area contributed by atoms with Crippen LogP contribution in [0.5, 0.6) is 5.75 Å². The first kappa shape index (κ1) is 26.8. The molecule has 0 aliphatic carbocycles. The quantitative estimate of drug-likeness (QED) is 0.212. The molecule has 4 rings (SSSR count). The molecule has 3 atom stereocenters.